The molecule has 1 saturated heterocycles. The Morgan fingerprint density at radius 3 is 2.30 bits per heavy atom. The van der Waals surface area contributed by atoms with Gasteiger partial charge in [0, 0.05) is 43.0 Å². The lowest BCUT2D eigenvalue weighted by molar-refractivity contribution is 0.0746. The number of hydrogen-bond acceptors (Lipinski definition) is 5. The van der Waals surface area contributed by atoms with E-state index in [1.54, 1.807) is 30.3 Å². The third-order valence-electron chi connectivity index (χ3n) is 5.95. The molecular formula is C28H29ClN4O3S. The van der Waals surface area contributed by atoms with Crippen LogP contribution in [0.25, 0.3) is 0 Å². The molecule has 0 unspecified atom stereocenters. The van der Waals surface area contributed by atoms with Crippen molar-refractivity contribution < 1.29 is 14.3 Å². The first kappa shape index (κ1) is 26.4. The number of carbonyl (C=O) groups excluding carboxylic acids is 2. The maximum absolute atomic E-state index is 12.9. The molecule has 0 spiro atoms. The van der Waals surface area contributed by atoms with Gasteiger partial charge in [0.2, 0.25) is 0 Å². The van der Waals surface area contributed by atoms with Crippen molar-refractivity contribution in [2.75, 3.05) is 43.0 Å². The second-order valence-corrected chi connectivity index (χ2v) is 9.41. The number of ether oxygens (including phenoxy) is 1. The van der Waals surface area contributed by atoms with Crippen LogP contribution in [0, 0.1) is 0 Å². The molecule has 0 saturated carbocycles. The minimum atomic E-state index is -0.283. The van der Waals surface area contributed by atoms with E-state index in [-0.39, 0.29) is 16.9 Å². The average Bonchev–Trinajstić information content (AvgIpc) is 2.92. The standard InChI is InChI=1S/C28H29ClN4O3S/c1-2-18-36-23-11-8-21(9-12-23)27(35)33-16-14-32(15-17-33)25-13-10-22(19-24(25)29)30-28(37)31-26(34)20-6-4-3-5-7-20/h3-13,19H,2,14-18H2,1H3,(H2,30,31,34,37). The number of piperazine rings is 1. The molecule has 3 aromatic carbocycles. The van der Waals surface area contributed by atoms with E-state index in [1.165, 1.54) is 0 Å². The van der Waals surface area contributed by atoms with Gasteiger partial charge in [0.1, 0.15) is 5.75 Å². The molecule has 1 aliphatic rings. The predicted octanol–water partition coefficient (Wildman–Crippen LogP) is 5.22. The van der Waals surface area contributed by atoms with E-state index >= 15 is 0 Å². The van der Waals surface area contributed by atoms with E-state index in [4.69, 9.17) is 28.6 Å². The molecule has 0 aromatic heterocycles. The Kier molecular flexibility index (Phi) is 8.98. The van der Waals surface area contributed by atoms with Gasteiger partial charge in [-0.25, -0.2) is 0 Å². The molecule has 9 heteroatoms. The Morgan fingerprint density at radius 2 is 1.65 bits per heavy atom. The van der Waals surface area contributed by atoms with E-state index in [0.717, 1.165) is 17.9 Å². The second kappa shape index (κ2) is 12.6. The lowest BCUT2D eigenvalue weighted by Crippen LogP contribution is -2.48. The Hall–Kier alpha value is -3.62. The van der Waals surface area contributed by atoms with Crippen molar-refractivity contribution in [3.8, 4) is 5.75 Å². The van der Waals surface area contributed by atoms with E-state index in [1.807, 2.05) is 47.4 Å². The maximum atomic E-state index is 12.9. The highest BCUT2D eigenvalue weighted by Gasteiger charge is 2.23. The molecule has 1 fully saturated rings. The fourth-order valence-electron chi connectivity index (χ4n) is 4.01. The van der Waals surface area contributed by atoms with E-state index in [2.05, 4.69) is 22.5 Å². The number of nitrogens with zero attached hydrogens (tertiary/aromatic N) is 2. The molecule has 1 aliphatic heterocycles. The molecule has 2 N–H and O–H groups in total. The quantitative estimate of drug-likeness (QED) is 0.403. The summed E-state index contributed by atoms with van der Waals surface area (Å²) in [5.74, 6) is 0.502. The highest BCUT2D eigenvalue weighted by atomic mass is 35.5. The van der Waals surface area contributed by atoms with Crippen LogP contribution in [0.2, 0.25) is 5.02 Å². The maximum Gasteiger partial charge on any atom is 0.257 e. The fraction of sp³-hybridized carbons (Fsp3) is 0.250. The smallest absolute Gasteiger partial charge is 0.257 e. The number of benzene rings is 3. The predicted molar refractivity (Wildman–Crippen MR) is 152 cm³/mol. The van der Waals surface area contributed by atoms with Gasteiger partial charge in [-0.15, -0.1) is 0 Å². The molecule has 7 nitrogen and oxygen atoms in total. The number of thiocarbonyl (C=S) groups is 1. The van der Waals surface area contributed by atoms with Crippen molar-refractivity contribution in [2.45, 2.75) is 13.3 Å². The number of hydrogen-bond donors (Lipinski definition) is 2. The summed E-state index contributed by atoms with van der Waals surface area (Å²) in [5.41, 5.74) is 2.74. The van der Waals surface area contributed by atoms with Crippen molar-refractivity contribution in [3.63, 3.8) is 0 Å². The lowest BCUT2D eigenvalue weighted by atomic mass is 10.1. The first-order valence-electron chi connectivity index (χ1n) is 12.2. The minimum Gasteiger partial charge on any atom is -0.494 e. The molecule has 3 aromatic rings. The minimum absolute atomic E-state index is 0.0124. The molecule has 1 heterocycles. The molecule has 192 valence electrons. The Bertz CT molecular complexity index is 1250. The molecule has 4 rings (SSSR count). The zero-order chi connectivity index (χ0) is 26.2. The number of carbonyl (C=O) groups is 2. The summed E-state index contributed by atoms with van der Waals surface area (Å²) in [6.07, 6.45) is 0.939. The highest BCUT2D eigenvalue weighted by molar-refractivity contribution is 7.80. The van der Waals surface area contributed by atoms with Crippen molar-refractivity contribution >= 4 is 52.1 Å². The van der Waals surface area contributed by atoms with E-state index in [9.17, 15) is 9.59 Å². The van der Waals surface area contributed by atoms with Crippen LogP contribution in [-0.2, 0) is 0 Å². The van der Waals surface area contributed by atoms with Crippen LogP contribution in [0.15, 0.2) is 72.8 Å². The SMILES string of the molecule is CCCOc1ccc(C(=O)N2CCN(c3ccc(NC(=S)NC(=O)c4ccccc4)cc3Cl)CC2)cc1. The van der Waals surface area contributed by atoms with Gasteiger partial charge in [0.05, 0.1) is 17.3 Å². The number of halogens is 1. The van der Waals surface area contributed by atoms with Crippen LogP contribution < -0.4 is 20.3 Å². The van der Waals surface area contributed by atoms with Crippen LogP contribution in [-0.4, -0.2) is 54.6 Å². The van der Waals surface area contributed by atoms with Crippen LogP contribution in [0.4, 0.5) is 11.4 Å². The second-order valence-electron chi connectivity index (χ2n) is 8.59. The number of rotatable bonds is 7. The van der Waals surface area contributed by atoms with Crippen LogP contribution in [0.3, 0.4) is 0 Å². The van der Waals surface area contributed by atoms with Gasteiger partial charge in [0.15, 0.2) is 5.11 Å². The summed E-state index contributed by atoms with van der Waals surface area (Å²) < 4.78 is 5.60. The van der Waals surface area contributed by atoms with Crippen molar-refractivity contribution in [2.24, 2.45) is 0 Å². The molecule has 0 aliphatic carbocycles. The Labute approximate surface area is 227 Å². The summed E-state index contributed by atoms with van der Waals surface area (Å²) >= 11 is 11.9. The van der Waals surface area contributed by atoms with Crippen molar-refractivity contribution in [1.29, 1.82) is 0 Å². The average molecular weight is 537 g/mol. The van der Waals surface area contributed by atoms with E-state index < -0.39 is 0 Å². The number of amides is 2. The normalized spacial score (nSPS) is 13.1. The van der Waals surface area contributed by atoms with Gasteiger partial charge in [-0.1, -0.05) is 36.7 Å². The fourth-order valence-corrected chi connectivity index (χ4v) is 4.53. The van der Waals surface area contributed by atoms with Gasteiger partial charge < -0.3 is 19.9 Å². The summed E-state index contributed by atoms with van der Waals surface area (Å²) in [7, 11) is 0. The largest absolute Gasteiger partial charge is 0.494 e. The van der Waals surface area contributed by atoms with Crippen LogP contribution in [0.5, 0.6) is 5.75 Å². The zero-order valence-electron chi connectivity index (χ0n) is 20.6. The molecule has 0 atom stereocenters. The molecule has 0 bridgehead atoms. The van der Waals surface area contributed by atoms with Gasteiger partial charge in [0.25, 0.3) is 11.8 Å². The summed E-state index contributed by atoms with van der Waals surface area (Å²) in [6, 6.07) is 21.7. The summed E-state index contributed by atoms with van der Waals surface area (Å²) in [6.45, 7) is 5.24. The zero-order valence-corrected chi connectivity index (χ0v) is 22.1. The Balaban J connectivity index is 1.30. The number of anilines is 2. The third kappa shape index (κ3) is 6.99. The van der Waals surface area contributed by atoms with Crippen LogP contribution in [0.1, 0.15) is 34.1 Å². The Morgan fingerprint density at radius 1 is 0.946 bits per heavy atom. The van der Waals surface area contributed by atoms with Gasteiger partial charge >= 0.3 is 0 Å². The topological polar surface area (TPSA) is 73.9 Å². The van der Waals surface area contributed by atoms with E-state index in [0.29, 0.717) is 54.6 Å². The lowest BCUT2D eigenvalue weighted by Gasteiger charge is -2.36. The van der Waals surface area contributed by atoms with Gasteiger partial charge in [-0.2, -0.15) is 0 Å². The third-order valence-corrected chi connectivity index (χ3v) is 6.46. The van der Waals surface area contributed by atoms with Gasteiger partial charge in [-0.3, -0.25) is 14.9 Å². The highest BCUT2D eigenvalue weighted by Crippen LogP contribution is 2.30. The van der Waals surface area contributed by atoms with Crippen LogP contribution >= 0.6 is 23.8 Å². The molecule has 2 amide bonds. The van der Waals surface area contributed by atoms with Crippen molar-refractivity contribution in [3.05, 3.63) is 88.9 Å². The number of nitrogens with one attached hydrogen (secondary N) is 2. The molecule has 0 radical (unpaired) electrons. The first-order valence-corrected chi connectivity index (χ1v) is 13.0. The van der Waals surface area contributed by atoms with Gasteiger partial charge in [-0.05, 0) is 73.2 Å². The molecular weight excluding hydrogens is 508 g/mol. The molecule has 37 heavy (non-hydrogen) atoms. The summed E-state index contributed by atoms with van der Waals surface area (Å²) in [5, 5.41) is 6.42. The first-order chi connectivity index (χ1) is 17.9. The summed E-state index contributed by atoms with van der Waals surface area (Å²) in [4.78, 5) is 29.2. The monoisotopic (exact) mass is 536 g/mol. The van der Waals surface area contributed by atoms with Crippen molar-refractivity contribution in [1.82, 2.24) is 10.2 Å².